The predicted molar refractivity (Wildman–Crippen MR) is 82.2 cm³/mol. The van der Waals surface area contributed by atoms with Crippen molar-refractivity contribution in [1.29, 1.82) is 0 Å². The van der Waals surface area contributed by atoms with E-state index < -0.39 is 0 Å². The maximum Gasteiger partial charge on any atom is 0.257 e. The van der Waals surface area contributed by atoms with Crippen molar-refractivity contribution in [2.75, 3.05) is 0 Å². The van der Waals surface area contributed by atoms with E-state index in [1.54, 1.807) is 0 Å². The first-order valence-electron chi connectivity index (χ1n) is 6.29. The van der Waals surface area contributed by atoms with Gasteiger partial charge < -0.3 is 0 Å². The molecule has 0 unspecified atom stereocenters. The van der Waals surface area contributed by atoms with Gasteiger partial charge in [-0.05, 0) is 37.5 Å². The highest BCUT2D eigenvalue weighted by molar-refractivity contribution is 5.86. The summed E-state index contributed by atoms with van der Waals surface area (Å²) in [6.07, 6.45) is 3.39. The Morgan fingerprint density at radius 2 is 2.00 bits per heavy atom. The number of hydrogen-bond acceptors (Lipinski definition) is 2. The average molecular weight is 283 g/mol. The summed E-state index contributed by atoms with van der Waals surface area (Å²) in [5, 5.41) is 0. The second kappa shape index (κ2) is 7.97. The van der Waals surface area contributed by atoms with Crippen LogP contribution in [-0.2, 0) is 16.8 Å². The minimum absolute atomic E-state index is 0. The molecule has 1 amide bonds. The van der Waals surface area contributed by atoms with Crippen LogP contribution in [0.5, 0.6) is 0 Å². The molecule has 2 N–H and O–H groups in total. The van der Waals surface area contributed by atoms with Gasteiger partial charge in [-0.3, -0.25) is 10.2 Å². The van der Waals surface area contributed by atoms with Crippen LogP contribution < -0.4 is 10.9 Å². The highest BCUT2D eigenvalue weighted by Gasteiger charge is 2.22. The second-order valence-electron chi connectivity index (χ2n) is 4.85. The van der Waals surface area contributed by atoms with E-state index in [0.29, 0.717) is 0 Å². The molecule has 0 spiro atoms. The van der Waals surface area contributed by atoms with Crippen LogP contribution in [0.4, 0.5) is 0 Å². The van der Waals surface area contributed by atoms with Gasteiger partial charge in [0.15, 0.2) is 0 Å². The smallest absolute Gasteiger partial charge is 0.257 e. The first-order valence-corrected chi connectivity index (χ1v) is 6.29. The predicted octanol–water partition coefficient (Wildman–Crippen LogP) is 3.10. The van der Waals surface area contributed by atoms with Crippen LogP contribution >= 0.6 is 12.4 Å². The summed E-state index contributed by atoms with van der Waals surface area (Å²) in [7, 11) is 0. The zero-order valence-electron chi connectivity index (χ0n) is 11.8. The Kier molecular flexibility index (Phi) is 7.42. The maximum atomic E-state index is 11.2. The first kappa shape index (κ1) is 17.7. The monoisotopic (exact) mass is 282 g/mol. The molecule has 0 atom stereocenters. The zero-order chi connectivity index (χ0) is 13.6. The Balaban J connectivity index is 0.00000324. The molecule has 1 aromatic rings. The molecule has 0 fully saturated rings. The molecule has 0 saturated carbocycles. The molecule has 1 aromatic carbocycles. The molecule has 0 radical (unpaired) electrons. The molecule has 1 rings (SSSR count). The lowest BCUT2D eigenvalue weighted by Gasteiger charge is -2.29. The van der Waals surface area contributed by atoms with Gasteiger partial charge in [-0.1, -0.05) is 44.2 Å². The second-order valence-corrected chi connectivity index (χ2v) is 4.85. The number of nitrogens with one attached hydrogen (secondary N) is 2. The minimum atomic E-state index is -0.315. The third-order valence-corrected chi connectivity index (χ3v) is 2.89. The van der Waals surface area contributed by atoms with E-state index in [2.05, 4.69) is 36.5 Å². The number of hydrogen-bond donors (Lipinski definition) is 2. The van der Waals surface area contributed by atoms with Crippen LogP contribution in [0.25, 0.3) is 0 Å². The molecule has 0 aliphatic heterocycles. The molecule has 106 valence electrons. The number of benzene rings is 1. The van der Waals surface area contributed by atoms with Crippen LogP contribution in [0.2, 0.25) is 0 Å². The number of aryl methyl sites for hydroxylation is 1. The summed E-state index contributed by atoms with van der Waals surface area (Å²) in [6.45, 7) is 9.69. The normalized spacial score (nSPS) is 10.5. The lowest BCUT2D eigenvalue weighted by atomic mass is 9.89. The molecule has 0 bridgehead atoms. The zero-order valence-corrected chi connectivity index (χ0v) is 12.6. The van der Waals surface area contributed by atoms with Gasteiger partial charge in [0.05, 0.1) is 5.54 Å². The van der Waals surface area contributed by atoms with E-state index in [9.17, 15) is 4.79 Å². The lowest BCUT2D eigenvalue weighted by Crippen LogP contribution is -2.48. The molecule has 0 aromatic heterocycles. The van der Waals surface area contributed by atoms with Gasteiger partial charge in [-0.25, -0.2) is 5.43 Å². The Morgan fingerprint density at radius 3 is 2.58 bits per heavy atom. The number of halogens is 1. The minimum Gasteiger partial charge on any atom is -0.287 e. The SMILES string of the molecule is C=CC(=O)NNC(C)(C)c1ccccc1CCC.Cl. The summed E-state index contributed by atoms with van der Waals surface area (Å²) in [5.41, 5.74) is 7.89. The van der Waals surface area contributed by atoms with Crippen molar-refractivity contribution in [2.45, 2.75) is 39.2 Å². The lowest BCUT2D eigenvalue weighted by molar-refractivity contribution is -0.118. The molecule has 19 heavy (non-hydrogen) atoms. The van der Waals surface area contributed by atoms with Crippen molar-refractivity contribution in [2.24, 2.45) is 0 Å². The number of carbonyl (C=O) groups is 1. The Hall–Kier alpha value is -1.32. The average Bonchev–Trinajstić information content (AvgIpc) is 2.37. The summed E-state index contributed by atoms with van der Waals surface area (Å²) in [5.74, 6) is -0.226. The van der Waals surface area contributed by atoms with Crippen molar-refractivity contribution in [3.8, 4) is 0 Å². The fourth-order valence-corrected chi connectivity index (χ4v) is 1.95. The van der Waals surface area contributed by atoms with E-state index in [-0.39, 0.29) is 23.9 Å². The largest absolute Gasteiger partial charge is 0.287 e. The van der Waals surface area contributed by atoms with E-state index >= 15 is 0 Å². The molecule has 0 saturated heterocycles. The Morgan fingerprint density at radius 1 is 1.37 bits per heavy atom. The van der Waals surface area contributed by atoms with Crippen LogP contribution in [0.15, 0.2) is 36.9 Å². The van der Waals surface area contributed by atoms with Crippen molar-refractivity contribution < 1.29 is 4.79 Å². The fourth-order valence-electron chi connectivity index (χ4n) is 1.95. The van der Waals surface area contributed by atoms with Gasteiger partial charge in [-0.2, -0.15) is 0 Å². The van der Waals surface area contributed by atoms with Gasteiger partial charge in [0.1, 0.15) is 0 Å². The van der Waals surface area contributed by atoms with E-state index in [0.717, 1.165) is 12.8 Å². The van der Waals surface area contributed by atoms with Gasteiger partial charge in [0.25, 0.3) is 5.91 Å². The molecule has 0 heterocycles. The summed E-state index contributed by atoms with van der Waals surface area (Å²) in [6, 6.07) is 8.30. The molecule has 0 aliphatic carbocycles. The van der Waals surface area contributed by atoms with Crippen LogP contribution in [-0.4, -0.2) is 5.91 Å². The molecule has 3 nitrogen and oxygen atoms in total. The Bertz CT molecular complexity index is 430. The van der Waals surface area contributed by atoms with Gasteiger partial charge in [-0.15, -0.1) is 12.4 Å². The fraction of sp³-hybridized carbons (Fsp3) is 0.400. The number of amides is 1. The standard InChI is InChI=1S/C15H22N2O.ClH/c1-5-9-12-10-7-8-11-13(12)15(3,4)17-16-14(18)6-2;/h6-8,10-11,17H,2,5,9H2,1,3-4H3,(H,16,18);1H. The van der Waals surface area contributed by atoms with Gasteiger partial charge in [0.2, 0.25) is 0 Å². The van der Waals surface area contributed by atoms with E-state index in [1.165, 1.54) is 17.2 Å². The summed E-state index contributed by atoms with van der Waals surface area (Å²) in [4.78, 5) is 11.2. The molecular weight excluding hydrogens is 260 g/mol. The summed E-state index contributed by atoms with van der Waals surface area (Å²) < 4.78 is 0. The topological polar surface area (TPSA) is 41.1 Å². The molecule has 4 heteroatoms. The van der Waals surface area contributed by atoms with Crippen LogP contribution in [0.3, 0.4) is 0 Å². The highest BCUT2D eigenvalue weighted by atomic mass is 35.5. The number of hydrazine groups is 1. The van der Waals surface area contributed by atoms with Crippen molar-refractivity contribution in [1.82, 2.24) is 10.9 Å². The first-order chi connectivity index (χ1) is 8.51. The van der Waals surface area contributed by atoms with Gasteiger partial charge >= 0.3 is 0 Å². The van der Waals surface area contributed by atoms with Crippen molar-refractivity contribution in [3.63, 3.8) is 0 Å². The van der Waals surface area contributed by atoms with Crippen LogP contribution in [0.1, 0.15) is 38.3 Å². The van der Waals surface area contributed by atoms with E-state index in [4.69, 9.17) is 0 Å². The molecular formula is C15H23ClN2O. The maximum absolute atomic E-state index is 11.2. The Labute approximate surface area is 121 Å². The molecule has 0 aliphatic rings. The van der Waals surface area contributed by atoms with E-state index in [1.807, 2.05) is 26.0 Å². The quantitative estimate of drug-likeness (QED) is 0.622. The number of rotatable bonds is 6. The third kappa shape index (κ3) is 5.05. The van der Waals surface area contributed by atoms with Crippen molar-refractivity contribution >= 4 is 18.3 Å². The van der Waals surface area contributed by atoms with Crippen LogP contribution in [0, 0.1) is 0 Å². The summed E-state index contributed by atoms with van der Waals surface area (Å²) >= 11 is 0. The highest BCUT2D eigenvalue weighted by Crippen LogP contribution is 2.24. The third-order valence-electron chi connectivity index (χ3n) is 2.89. The van der Waals surface area contributed by atoms with Gasteiger partial charge in [0, 0.05) is 0 Å². The van der Waals surface area contributed by atoms with Crippen molar-refractivity contribution in [3.05, 3.63) is 48.0 Å². The number of carbonyl (C=O) groups excluding carboxylic acids is 1.